The van der Waals surface area contributed by atoms with Gasteiger partial charge in [0.1, 0.15) is 5.69 Å². The van der Waals surface area contributed by atoms with Crippen LogP contribution in [-0.4, -0.2) is 9.97 Å². The first kappa shape index (κ1) is 11.0. The molecule has 0 spiro atoms. The van der Waals surface area contributed by atoms with Gasteiger partial charge in [0.25, 0.3) is 0 Å². The van der Waals surface area contributed by atoms with Crippen molar-refractivity contribution in [3.8, 4) is 11.3 Å². The van der Waals surface area contributed by atoms with E-state index < -0.39 is 0 Å². The maximum absolute atomic E-state index is 6.03. The van der Waals surface area contributed by atoms with Crippen LogP contribution >= 0.6 is 11.6 Å². The molecule has 0 amide bonds. The fourth-order valence-corrected chi connectivity index (χ4v) is 1.69. The standard InChI is InChI=1S/C12H12ClN3/c1-8-3-2-4-9(5-8)11-12(13)15-7-10(6-14)16-11/h2-5,7H,6,14H2,1H3. The van der Waals surface area contributed by atoms with Crippen molar-refractivity contribution in [2.75, 3.05) is 0 Å². The lowest BCUT2D eigenvalue weighted by Crippen LogP contribution is -2.02. The predicted molar refractivity (Wildman–Crippen MR) is 65.1 cm³/mol. The molecular weight excluding hydrogens is 222 g/mol. The van der Waals surface area contributed by atoms with Gasteiger partial charge in [0.2, 0.25) is 0 Å². The SMILES string of the molecule is Cc1cccc(-c2nc(CN)cnc2Cl)c1. The molecule has 0 atom stereocenters. The lowest BCUT2D eigenvalue weighted by atomic mass is 10.1. The van der Waals surface area contributed by atoms with Gasteiger partial charge in [-0.15, -0.1) is 0 Å². The number of rotatable bonds is 2. The summed E-state index contributed by atoms with van der Waals surface area (Å²) in [5.41, 5.74) is 9.08. The lowest BCUT2D eigenvalue weighted by Gasteiger charge is -2.05. The number of aryl methyl sites for hydroxylation is 1. The van der Waals surface area contributed by atoms with E-state index in [2.05, 4.69) is 9.97 Å². The van der Waals surface area contributed by atoms with Gasteiger partial charge in [-0.05, 0) is 13.0 Å². The van der Waals surface area contributed by atoms with Crippen LogP contribution in [0.5, 0.6) is 0 Å². The molecule has 16 heavy (non-hydrogen) atoms. The number of aromatic nitrogens is 2. The average molecular weight is 234 g/mol. The normalized spacial score (nSPS) is 10.4. The Morgan fingerprint density at radius 3 is 2.88 bits per heavy atom. The molecule has 1 heterocycles. The fraction of sp³-hybridized carbons (Fsp3) is 0.167. The fourth-order valence-electron chi connectivity index (χ4n) is 1.49. The Balaban J connectivity index is 2.54. The van der Waals surface area contributed by atoms with Gasteiger partial charge in [-0.2, -0.15) is 0 Å². The van der Waals surface area contributed by atoms with Crippen molar-refractivity contribution in [2.45, 2.75) is 13.5 Å². The number of nitrogens with zero attached hydrogens (tertiary/aromatic N) is 2. The number of nitrogens with two attached hydrogens (primary N) is 1. The molecule has 2 aromatic rings. The summed E-state index contributed by atoms with van der Waals surface area (Å²) in [5, 5.41) is 0.405. The first-order valence-electron chi connectivity index (χ1n) is 4.99. The van der Waals surface area contributed by atoms with Gasteiger partial charge in [-0.3, -0.25) is 0 Å². The van der Waals surface area contributed by atoms with E-state index in [1.807, 2.05) is 31.2 Å². The Bertz CT molecular complexity index is 511. The Hall–Kier alpha value is -1.45. The largest absolute Gasteiger partial charge is 0.325 e. The molecule has 0 bridgehead atoms. The van der Waals surface area contributed by atoms with E-state index in [9.17, 15) is 0 Å². The summed E-state index contributed by atoms with van der Waals surface area (Å²) in [5.74, 6) is 0. The van der Waals surface area contributed by atoms with Gasteiger partial charge in [0.15, 0.2) is 5.15 Å². The van der Waals surface area contributed by atoms with Gasteiger partial charge in [-0.25, -0.2) is 9.97 Å². The summed E-state index contributed by atoms with van der Waals surface area (Å²) in [6, 6.07) is 7.98. The molecule has 1 aromatic heterocycles. The Morgan fingerprint density at radius 1 is 1.38 bits per heavy atom. The molecule has 0 saturated carbocycles. The molecule has 2 rings (SSSR count). The lowest BCUT2D eigenvalue weighted by molar-refractivity contribution is 0.967. The third-order valence-corrected chi connectivity index (χ3v) is 2.55. The van der Waals surface area contributed by atoms with Crippen molar-refractivity contribution in [3.05, 3.63) is 46.9 Å². The van der Waals surface area contributed by atoms with Crippen molar-refractivity contribution in [2.24, 2.45) is 5.73 Å². The Morgan fingerprint density at radius 2 is 2.19 bits per heavy atom. The molecule has 1 aromatic carbocycles. The third kappa shape index (κ3) is 2.21. The highest BCUT2D eigenvalue weighted by Crippen LogP contribution is 2.24. The van der Waals surface area contributed by atoms with Crippen molar-refractivity contribution in [1.82, 2.24) is 9.97 Å². The van der Waals surface area contributed by atoms with E-state index in [0.717, 1.165) is 16.8 Å². The van der Waals surface area contributed by atoms with Crippen molar-refractivity contribution in [1.29, 1.82) is 0 Å². The summed E-state index contributed by atoms with van der Waals surface area (Å²) in [4.78, 5) is 8.46. The molecule has 0 radical (unpaired) electrons. The maximum atomic E-state index is 6.03. The van der Waals surface area contributed by atoms with E-state index in [0.29, 0.717) is 17.4 Å². The topological polar surface area (TPSA) is 51.8 Å². The molecule has 0 aliphatic carbocycles. The molecule has 0 aliphatic rings. The first-order chi connectivity index (χ1) is 7.70. The highest BCUT2D eigenvalue weighted by atomic mass is 35.5. The van der Waals surface area contributed by atoms with Crippen molar-refractivity contribution < 1.29 is 0 Å². The highest BCUT2D eigenvalue weighted by molar-refractivity contribution is 6.31. The minimum atomic E-state index is 0.364. The molecular formula is C12H12ClN3. The maximum Gasteiger partial charge on any atom is 0.155 e. The second kappa shape index (κ2) is 4.60. The summed E-state index contributed by atoms with van der Waals surface area (Å²) in [6.45, 7) is 2.39. The molecule has 0 aliphatic heterocycles. The molecule has 0 saturated heterocycles. The van der Waals surface area contributed by atoms with Crippen LogP contribution in [0.2, 0.25) is 5.15 Å². The predicted octanol–water partition coefficient (Wildman–Crippen LogP) is 2.56. The van der Waals surface area contributed by atoms with E-state index in [-0.39, 0.29) is 0 Å². The van der Waals surface area contributed by atoms with Crippen molar-refractivity contribution >= 4 is 11.6 Å². The zero-order valence-corrected chi connectivity index (χ0v) is 9.70. The van der Waals surface area contributed by atoms with Crippen LogP contribution in [0.4, 0.5) is 0 Å². The molecule has 2 N–H and O–H groups in total. The van der Waals surface area contributed by atoms with Gasteiger partial charge in [-0.1, -0.05) is 35.4 Å². The van der Waals surface area contributed by atoms with Crippen LogP contribution in [0.15, 0.2) is 30.5 Å². The second-order valence-corrected chi connectivity index (χ2v) is 3.93. The van der Waals surface area contributed by atoms with E-state index in [1.54, 1.807) is 6.20 Å². The number of benzene rings is 1. The zero-order valence-electron chi connectivity index (χ0n) is 8.94. The molecule has 4 heteroatoms. The van der Waals surface area contributed by atoms with E-state index in [1.165, 1.54) is 0 Å². The highest BCUT2D eigenvalue weighted by Gasteiger charge is 2.07. The van der Waals surface area contributed by atoms with Crippen LogP contribution < -0.4 is 5.73 Å². The molecule has 0 fully saturated rings. The number of hydrogen-bond acceptors (Lipinski definition) is 3. The van der Waals surface area contributed by atoms with Gasteiger partial charge in [0, 0.05) is 12.1 Å². The van der Waals surface area contributed by atoms with Crippen LogP contribution in [-0.2, 0) is 6.54 Å². The van der Waals surface area contributed by atoms with Crippen LogP contribution in [0.1, 0.15) is 11.3 Å². The van der Waals surface area contributed by atoms with Crippen molar-refractivity contribution in [3.63, 3.8) is 0 Å². The summed E-state index contributed by atoms with van der Waals surface area (Å²) in [6.07, 6.45) is 1.60. The summed E-state index contributed by atoms with van der Waals surface area (Å²) in [7, 11) is 0. The quantitative estimate of drug-likeness (QED) is 0.868. The zero-order chi connectivity index (χ0) is 11.5. The number of halogens is 1. The van der Waals surface area contributed by atoms with E-state index >= 15 is 0 Å². The van der Waals surface area contributed by atoms with Crippen LogP contribution in [0, 0.1) is 6.92 Å². The average Bonchev–Trinajstić information content (AvgIpc) is 2.30. The Kier molecular flexibility index (Phi) is 3.17. The molecule has 3 nitrogen and oxygen atoms in total. The van der Waals surface area contributed by atoms with Gasteiger partial charge in [0.05, 0.1) is 11.9 Å². The molecule has 0 unspecified atom stereocenters. The minimum Gasteiger partial charge on any atom is -0.325 e. The number of hydrogen-bond donors (Lipinski definition) is 1. The second-order valence-electron chi connectivity index (χ2n) is 3.57. The van der Waals surface area contributed by atoms with E-state index in [4.69, 9.17) is 17.3 Å². The Labute approximate surface area is 99.3 Å². The third-order valence-electron chi connectivity index (χ3n) is 2.28. The van der Waals surface area contributed by atoms with Gasteiger partial charge < -0.3 is 5.73 Å². The minimum absolute atomic E-state index is 0.364. The van der Waals surface area contributed by atoms with Crippen LogP contribution in [0.25, 0.3) is 11.3 Å². The van der Waals surface area contributed by atoms with Gasteiger partial charge >= 0.3 is 0 Å². The molecule has 82 valence electrons. The first-order valence-corrected chi connectivity index (χ1v) is 5.37. The van der Waals surface area contributed by atoms with Crippen LogP contribution in [0.3, 0.4) is 0 Å². The summed E-state index contributed by atoms with van der Waals surface area (Å²) >= 11 is 6.03. The summed E-state index contributed by atoms with van der Waals surface area (Å²) < 4.78 is 0. The monoisotopic (exact) mass is 233 g/mol. The smallest absolute Gasteiger partial charge is 0.155 e.